The Morgan fingerprint density at radius 1 is 1.09 bits per heavy atom. The lowest BCUT2D eigenvalue weighted by atomic mass is 10.0. The molecule has 2 heterocycles. The van der Waals surface area contributed by atoms with E-state index in [4.69, 9.17) is 20.9 Å². The number of carbonyl (C=O) groups is 3. The number of esters is 1. The first kappa shape index (κ1) is 23.7. The third kappa shape index (κ3) is 5.06. The summed E-state index contributed by atoms with van der Waals surface area (Å²) in [5.74, 6) is -1.03. The van der Waals surface area contributed by atoms with Gasteiger partial charge in [-0.15, -0.1) is 11.8 Å². The van der Waals surface area contributed by atoms with Gasteiger partial charge in [0.2, 0.25) is 11.8 Å². The number of allylic oxidation sites excluding steroid dienone is 1. The van der Waals surface area contributed by atoms with Gasteiger partial charge in [-0.1, -0.05) is 72.8 Å². The molecule has 2 atom stereocenters. The van der Waals surface area contributed by atoms with Crippen molar-refractivity contribution in [2.24, 2.45) is 11.5 Å². The Morgan fingerprint density at radius 2 is 1.71 bits per heavy atom. The summed E-state index contributed by atoms with van der Waals surface area (Å²) in [6.07, 6.45) is 2.73. The number of ether oxygens (including phenoxy) is 2. The molecular weight excluding hydrogens is 454 g/mol. The summed E-state index contributed by atoms with van der Waals surface area (Å²) in [6, 6.07) is 18.2. The Hall–Kier alpha value is -3.40. The smallest absolute Gasteiger partial charge is 0.356 e. The number of benzene rings is 2. The molecule has 2 aromatic carbocycles. The zero-order valence-corrected chi connectivity index (χ0v) is 19.1. The number of carbonyl (C=O) groups excluding carboxylic acids is 3. The maximum absolute atomic E-state index is 13.5. The highest BCUT2D eigenvalue weighted by Crippen LogP contribution is 2.41. The second-order valence-corrected chi connectivity index (χ2v) is 8.90. The summed E-state index contributed by atoms with van der Waals surface area (Å²) >= 11 is 1.48. The molecule has 8 nitrogen and oxygen atoms in total. The molecule has 2 aliphatic rings. The average molecular weight is 480 g/mol. The quantitative estimate of drug-likeness (QED) is 0.320. The highest BCUT2D eigenvalue weighted by molar-refractivity contribution is 8.00. The first-order chi connectivity index (χ1) is 16.5. The second-order valence-electron chi connectivity index (χ2n) is 7.80. The van der Waals surface area contributed by atoms with E-state index < -0.39 is 24.0 Å². The lowest BCUT2D eigenvalue weighted by Gasteiger charge is -2.48. The monoisotopic (exact) mass is 479 g/mol. The maximum Gasteiger partial charge on any atom is 0.356 e. The van der Waals surface area contributed by atoms with Gasteiger partial charge in [-0.3, -0.25) is 14.5 Å². The summed E-state index contributed by atoms with van der Waals surface area (Å²) < 4.78 is 11.2. The standard InChI is InChI=1S/C25H25N3O5S/c26-19(29)14-32-13-7-12-18-15-34-24-20(27)23(30)28(24)21(18)25(31)33-22(16-8-3-1-4-9-16)17-10-5-2-6-11-17/h1-12,20,22,24H,13-15,27H2,(H2,26,29)/b12-7+/t20-,24-/m1/s1. The molecule has 9 heteroatoms. The predicted molar refractivity (Wildman–Crippen MR) is 128 cm³/mol. The number of β-lactam (4-membered cyclic amide) rings is 1. The van der Waals surface area contributed by atoms with Crippen molar-refractivity contribution in [3.05, 3.63) is 95.2 Å². The molecule has 0 unspecified atom stereocenters. The van der Waals surface area contributed by atoms with E-state index in [0.29, 0.717) is 11.3 Å². The van der Waals surface area contributed by atoms with E-state index in [9.17, 15) is 14.4 Å². The number of nitrogens with zero attached hydrogens (tertiary/aromatic N) is 1. The van der Waals surface area contributed by atoms with Gasteiger partial charge in [0, 0.05) is 5.75 Å². The van der Waals surface area contributed by atoms with E-state index in [0.717, 1.165) is 11.1 Å². The Bertz CT molecular complexity index is 1080. The zero-order chi connectivity index (χ0) is 24.1. The molecule has 1 fully saturated rings. The van der Waals surface area contributed by atoms with E-state index in [2.05, 4.69) is 0 Å². The van der Waals surface area contributed by atoms with Crippen molar-refractivity contribution in [1.29, 1.82) is 0 Å². The van der Waals surface area contributed by atoms with Crippen LogP contribution in [-0.2, 0) is 23.9 Å². The van der Waals surface area contributed by atoms with Crippen molar-refractivity contribution in [3.63, 3.8) is 0 Å². The molecule has 2 amide bonds. The van der Waals surface area contributed by atoms with Crippen LogP contribution in [0.5, 0.6) is 0 Å². The van der Waals surface area contributed by atoms with Gasteiger partial charge in [0.05, 0.1) is 6.61 Å². The maximum atomic E-state index is 13.5. The number of nitrogens with two attached hydrogens (primary N) is 2. The molecule has 0 aromatic heterocycles. The van der Waals surface area contributed by atoms with Crippen LogP contribution in [0.1, 0.15) is 17.2 Å². The fourth-order valence-electron chi connectivity index (χ4n) is 3.82. The van der Waals surface area contributed by atoms with Crippen LogP contribution < -0.4 is 11.5 Å². The molecule has 34 heavy (non-hydrogen) atoms. The van der Waals surface area contributed by atoms with E-state index in [1.165, 1.54) is 16.7 Å². The molecule has 4 rings (SSSR count). The fraction of sp³-hybridized carbons (Fsp3) is 0.240. The van der Waals surface area contributed by atoms with Gasteiger partial charge in [0.1, 0.15) is 23.7 Å². The van der Waals surface area contributed by atoms with Crippen LogP contribution in [0.15, 0.2) is 84.1 Å². The highest BCUT2D eigenvalue weighted by atomic mass is 32.2. The van der Waals surface area contributed by atoms with Gasteiger partial charge < -0.3 is 20.9 Å². The van der Waals surface area contributed by atoms with Crippen LogP contribution in [-0.4, -0.2) is 53.1 Å². The van der Waals surface area contributed by atoms with Gasteiger partial charge in [-0.05, 0) is 16.7 Å². The minimum Gasteiger partial charge on any atom is -0.448 e. The number of fused-ring (bicyclic) bond motifs is 1. The minimum atomic E-state index is -0.656. The Balaban J connectivity index is 1.63. The molecule has 2 aromatic rings. The number of hydrogen-bond donors (Lipinski definition) is 2. The number of amides is 2. The largest absolute Gasteiger partial charge is 0.448 e. The molecule has 0 radical (unpaired) electrons. The summed E-state index contributed by atoms with van der Waals surface area (Å²) in [6.45, 7) is -0.0720. The van der Waals surface area contributed by atoms with Crippen molar-refractivity contribution < 1.29 is 23.9 Å². The number of primary amides is 1. The van der Waals surface area contributed by atoms with Gasteiger partial charge in [0.15, 0.2) is 6.10 Å². The minimum absolute atomic E-state index is 0.132. The first-order valence-electron chi connectivity index (χ1n) is 10.7. The molecule has 0 aliphatic carbocycles. The lowest BCUT2D eigenvalue weighted by molar-refractivity contribution is -0.153. The first-order valence-corrected chi connectivity index (χ1v) is 11.8. The Kier molecular flexibility index (Phi) is 7.46. The molecule has 2 aliphatic heterocycles. The van der Waals surface area contributed by atoms with Crippen LogP contribution in [0.4, 0.5) is 0 Å². The van der Waals surface area contributed by atoms with Crippen molar-refractivity contribution in [3.8, 4) is 0 Å². The van der Waals surface area contributed by atoms with Crippen molar-refractivity contribution in [1.82, 2.24) is 4.90 Å². The van der Waals surface area contributed by atoms with Crippen LogP contribution in [0.2, 0.25) is 0 Å². The third-order valence-electron chi connectivity index (χ3n) is 5.44. The summed E-state index contributed by atoms with van der Waals surface area (Å²) in [7, 11) is 0. The SMILES string of the molecule is NC(=O)COC/C=C/C1=C(C(=O)OC(c2ccccc2)c2ccccc2)N2C(=O)[C@@H](N)[C@H]2SC1. The van der Waals surface area contributed by atoms with Crippen LogP contribution in [0.25, 0.3) is 0 Å². The van der Waals surface area contributed by atoms with E-state index in [1.54, 1.807) is 12.2 Å². The van der Waals surface area contributed by atoms with Crippen molar-refractivity contribution in [2.45, 2.75) is 17.5 Å². The summed E-state index contributed by atoms with van der Waals surface area (Å²) in [5, 5.41) is -0.315. The van der Waals surface area contributed by atoms with Crippen LogP contribution >= 0.6 is 11.8 Å². The van der Waals surface area contributed by atoms with Crippen molar-refractivity contribution in [2.75, 3.05) is 19.0 Å². The summed E-state index contributed by atoms with van der Waals surface area (Å²) in [4.78, 5) is 38.4. The van der Waals surface area contributed by atoms with E-state index >= 15 is 0 Å². The molecule has 1 saturated heterocycles. The number of thioether (sulfide) groups is 1. The Labute approximate surface area is 201 Å². The number of rotatable bonds is 9. The Morgan fingerprint density at radius 3 is 2.29 bits per heavy atom. The van der Waals surface area contributed by atoms with E-state index in [1.807, 2.05) is 60.7 Å². The fourth-order valence-corrected chi connectivity index (χ4v) is 5.09. The molecule has 4 N–H and O–H groups in total. The highest BCUT2D eigenvalue weighted by Gasteiger charge is 2.52. The molecule has 0 spiro atoms. The van der Waals surface area contributed by atoms with Crippen LogP contribution in [0, 0.1) is 0 Å². The van der Waals surface area contributed by atoms with Gasteiger partial charge >= 0.3 is 5.97 Å². The van der Waals surface area contributed by atoms with Crippen molar-refractivity contribution >= 4 is 29.5 Å². The van der Waals surface area contributed by atoms with E-state index in [-0.39, 0.29) is 30.2 Å². The zero-order valence-electron chi connectivity index (χ0n) is 18.3. The molecule has 0 saturated carbocycles. The predicted octanol–water partition coefficient (Wildman–Crippen LogP) is 1.87. The summed E-state index contributed by atoms with van der Waals surface area (Å²) in [5.41, 5.74) is 13.5. The molecule has 176 valence electrons. The second kappa shape index (κ2) is 10.7. The molecule has 0 bridgehead atoms. The lowest BCUT2D eigenvalue weighted by Crippen LogP contribution is -2.68. The number of hydrogen-bond acceptors (Lipinski definition) is 7. The van der Waals surface area contributed by atoms with Gasteiger partial charge in [-0.25, -0.2) is 4.79 Å². The topological polar surface area (TPSA) is 125 Å². The van der Waals surface area contributed by atoms with Gasteiger partial charge in [-0.2, -0.15) is 0 Å². The molecular formula is C25H25N3O5S. The average Bonchev–Trinajstić information content (AvgIpc) is 2.86. The van der Waals surface area contributed by atoms with Gasteiger partial charge in [0.25, 0.3) is 0 Å². The normalized spacial score (nSPS) is 19.8. The third-order valence-corrected chi connectivity index (χ3v) is 6.76. The van der Waals surface area contributed by atoms with Crippen LogP contribution in [0.3, 0.4) is 0 Å².